The Morgan fingerprint density at radius 2 is 1.88 bits per heavy atom. The molecule has 0 aliphatic heterocycles. The first-order valence-electron chi connectivity index (χ1n) is 2.28. The maximum atomic E-state index is 8.23. The van der Waals surface area contributed by atoms with Crippen LogP contribution in [0.15, 0.2) is 0 Å². The Morgan fingerprint density at radius 3 is 2.00 bits per heavy atom. The van der Waals surface area contributed by atoms with Crippen LogP contribution in [0.2, 0.25) is 0 Å². The molecule has 4 N–H and O–H groups in total. The number of nitrogens with two attached hydrogens (primary N) is 1. The van der Waals surface area contributed by atoms with Crippen molar-refractivity contribution in [2.45, 2.75) is 12.5 Å². The van der Waals surface area contributed by atoms with Gasteiger partial charge in [0.1, 0.15) is 0 Å². The summed E-state index contributed by atoms with van der Waals surface area (Å²) in [6.07, 6.45) is 0.483. The summed E-state index contributed by atoms with van der Waals surface area (Å²) in [5, 5.41) is 16.4. The third-order valence-corrected chi connectivity index (χ3v) is 0.734. The largest absolute Gasteiger partial charge is 0.396 e. The van der Waals surface area contributed by atoms with Gasteiger partial charge in [-0.05, 0) is 6.42 Å². The fourth-order valence-electron chi connectivity index (χ4n) is 0.257. The molecular weight excluding hydrogens is 130 g/mol. The van der Waals surface area contributed by atoms with Crippen LogP contribution in [-0.4, -0.2) is 29.5 Å². The zero-order valence-corrected chi connectivity index (χ0v) is 5.40. The van der Waals surface area contributed by atoms with Crippen molar-refractivity contribution >= 4 is 12.4 Å². The van der Waals surface area contributed by atoms with Crippen LogP contribution >= 0.6 is 12.4 Å². The van der Waals surface area contributed by atoms with Gasteiger partial charge in [0.05, 0.1) is 6.61 Å². The maximum Gasteiger partial charge on any atom is 0.0583 e. The van der Waals surface area contributed by atoms with Crippen molar-refractivity contribution in [2.24, 2.45) is 5.73 Å². The predicted octanol–water partition coefficient (Wildman–Crippen LogP) is -0.890. The van der Waals surface area contributed by atoms with E-state index in [4.69, 9.17) is 15.9 Å². The SMILES string of the molecule is Cl.N[C@@H](CO)CCO. The summed E-state index contributed by atoms with van der Waals surface area (Å²) >= 11 is 0. The lowest BCUT2D eigenvalue weighted by Crippen LogP contribution is -2.25. The van der Waals surface area contributed by atoms with Crippen molar-refractivity contribution in [2.75, 3.05) is 13.2 Å². The topological polar surface area (TPSA) is 66.5 Å². The van der Waals surface area contributed by atoms with E-state index in [2.05, 4.69) is 0 Å². The summed E-state index contributed by atoms with van der Waals surface area (Å²) in [6.45, 7) is 0.0162. The average Bonchev–Trinajstić information content (AvgIpc) is 1.68. The van der Waals surface area contributed by atoms with Gasteiger partial charge in [-0.1, -0.05) is 0 Å². The monoisotopic (exact) mass is 141 g/mol. The van der Waals surface area contributed by atoms with Gasteiger partial charge in [0.15, 0.2) is 0 Å². The molecule has 8 heavy (non-hydrogen) atoms. The van der Waals surface area contributed by atoms with Crippen molar-refractivity contribution in [1.82, 2.24) is 0 Å². The molecule has 0 saturated heterocycles. The van der Waals surface area contributed by atoms with Crippen LogP contribution in [0.25, 0.3) is 0 Å². The third kappa shape index (κ3) is 6.17. The quantitative estimate of drug-likeness (QED) is 0.478. The minimum absolute atomic E-state index is 0. The van der Waals surface area contributed by atoms with Gasteiger partial charge in [0, 0.05) is 12.6 Å². The zero-order chi connectivity index (χ0) is 5.70. The van der Waals surface area contributed by atoms with E-state index in [0.29, 0.717) is 6.42 Å². The molecule has 0 radical (unpaired) electrons. The molecule has 0 heterocycles. The summed E-state index contributed by atoms with van der Waals surface area (Å²) in [4.78, 5) is 0. The first-order chi connectivity index (χ1) is 3.31. The summed E-state index contributed by atoms with van der Waals surface area (Å²) < 4.78 is 0. The highest BCUT2D eigenvalue weighted by atomic mass is 35.5. The molecule has 3 nitrogen and oxygen atoms in total. The third-order valence-electron chi connectivity index (χ3n) is 0.734. The van der Waals surface area contributed by atoms with Crippen molar-refractivity contribution in [3.63, 3.8) is 0 Å². The van der Waals surface area contributed by atoms with E-state index in [1.165, 1.54) is 0 Å². The van der Waals surface area contributed by atoms with Crippen molar-refractivity contribution in [3.05, 3.63) is 0 Å². The van der Waals surface area contributed by atoms with Crippen molar-refractivity contribution in [3.8, 4) is 0 Å². The predicted molar refractivity (Wildman–Crippen MR) is 34.0 cm³/mol. The van der Waals surface area contributed by atoms with E-state index >= 15 is 0 Å². The van der Waals surface area contributed by atoms with Crippen LogP contribution < -0.4 is 5.73 Å². The van der Waals surface area contributed by atoms with Crippen molar-refractivity contribution in [1.29, 1.82) is 0 Å². The van der Waals surface area contributed by atoms with E-state index in [-0.39, 0.29) is 31.7 Å². The minimum atomic E-state index is -0.245. The number of aliphatic hydroxyl groups excluding tert-OH is 2. The van der Waals surface area contributed by atoms with Gasteiger partial charge >= 0.3 is 0 Å². The zero-order valence-electron chi connectivity index (χ0n) is 4.58. The standard InChI is InChI=1S/C4H11NO2.ClH/c5-4(3-7)1-2-6;/h4,6-7H,1-3,5H2;1H/t4-;/m1./s1. The highest BCUT2D eigenvalue weighted by molar-refractivity contribution is 5.85. The molecule has 0 aromatic carbocycles. The van der Waals surface area contributed by atoms with E-state index in [0.717, 1.165) is 0 Å². The lowest BCUT2D eigenvalue weighted by molar-refractivity contribution is 0.221. The van der Waals surface area contributed by atoms with E-state index < -0.39 is 0 Å². The average molecular weight is 142 g/mol. The Morgan fingerprint density at radius 1 is 1.38 bits per heavy atom. The Hall–Kier alpha value is 0.170. The first kappa shape index (κ1) is 11.0. The maximum absolute atomic E-state index is 8.23. The molecule has 0 spiro atoms. The van der Waals surface area contributed by atoms with Crippen molar-refractivity contribution < 1.29 is 10.2 Å². The number of aliphatic hydroxyl groups is 2. The molecule has 0 fully saturated rings. The molecule has 4 heteroatoms. The molecule has 0 aliphatic carbocycles. The van der Waals surface area contributed by atoms with E-state index in [1.54, 1.807) is 0 Å². The highest BCUT2D eigenvalue weighted by Gasteiger charge is 1.95. The second-order valence-corrected chi connectivity index (χ2v) is 1.45. The molecular formula is C4H12ClNO2. The van der Waals surface area contributed by atoms with Gasteiger partial charge < -0.3 is 15.9 Å². The summed E-state index contributed by atoms with van der Waals surface area (Å²) in [5.41, 5.74) is 5.17. The van der Waals surface area contributed by atoms with E-state index in [9.17, 15) is 0 Å². The first-order valence-corrected chi connectivity index (χ1v) is 2.28. The normalized spacial score (nSPS) is 12.4. The molecule has 0 aromatic heterocycles. The fraction of sp³-hybridized carbons (Fsp3) is 1.00. The molecule has 0 rings (SSSR count). The molecule has 0 amide bonds. The lowest BCUT2D eigenvalue weighted by atomic mass is 10.2. The molecule has 0 aliphatic rings. The van der Waals surface area contributed by atoms with Gasteiger partial charge in [-0.3, -0.25) is 0 Å². The number of hydrogen-bond donors (Lipinski definition) is 3. The molecule has 0 saturated carbocycles. The highest BCUT2D eigenvalue weighted by Crippen LogP contribution is 1.80. The van der Waals surface area contributed by atoms with Crippen LogP contribution in [0.4, 0.5) is 0 Å². The molecule has 0 aromatic rings. The van der Waals surface area contributed by atoms with E-state index in [1.807, 2.05) is 0 Å². The molecule has 0 unspecified atom stereocenters. The Bertz CT molecular complexity index is 45.0. The lowest BCUT2D eigenvalue weighted by Gasteiger charge is -2.01. The number of halogens is 1. The van der Waals surface area contributed by atoms with Gasteiger partial charge in [-0.15, -0.1) is 12.4 Å². The van der Waals surface area contributed by atoms with Crippen LogP contribution in [0.5, 0.6) is 0 Å². The van der Waals surface area contributed by atoms with Gasteiger partial charge in [0.2, 0.25) is 0 Å². The second-order valence-electron chi connectivity index (χ2n) is 1.45. The Labute approximate surface area is 54.9 Å². The molecule has 1 atom stereocenters. The van der Waals surface area contributed by atoms with Crippen LogP contribution in [0, 0.1) is 0 Å². The van der Waals surface area contributed by atoms with Crippen LogP contribution in [0.1, 0.15) is 6.42 Å². The molecule has 52 valence electrons. The summed E-state index contributed by atoms with van der Waals surface area (Å²) in [6, 6.07) is -0.245. The van der Waals surface area contributed by atoms with Gasteiger partial charge in [0.25, 0.3) is 0 Å². The fourth-order valence-corrected chi connectivity index (χ4v) is 0.257. The Kier molecular flexibility index (Phi) is 9.89. The van der Waals surface area contributed by atoms with Crippen LogP contribution in [0.3, 0.4) is 0 Å². The van der Waals surface area contributed by atoms with Gasteiger partial charge in [-0.25, -0.2) is 0 Å². The van der Waals surface area contributed by atoms with Crippen LogP contribution in [-0.2, 0) is 0 Å². The summed E-state index contributed by atoms with van der Waals surface area (Å²) in [5.74, 6) is 0. The second kappa shape index (κ2) is 7.17. The molecule has 0 bridgehead atoms. The smallest absolute Gasteiger partial charge is 0.0583 e. The number of rotatable bonds is 3. The summed E-state index contributed by atoms with van der Waals surface area (Å²) in [7, 11) is 0. The Balaban J connectivity index is 0. The number of hydrogen-bond acceptors (Lipinski definition) is 3. The minimum Gasteiger partial charge on any atom is -0.396 e. The van der Waals surface area contributed by atoms with Gasteiger partial charge in [-0.2, -0.15) is 0 Å².